The second-order valence-corrected chi connectivity index (χ2v) is 4.27. The van der Waals surface area contributed by atoms with E-state index in [9.17, 15) is 0 Å². The van der Waals surface area contributed by atoms with Crippen molar-refractivity contribution < 1.29 is 0 Å². The standard InChI is InChI=1S/C10H19N3/c1-5-11-7-9-12-6-8(13-9)10(2,3)4/h6,11H,5,7H2,1-4H3,(H,12,13). The van der Waals surface area contributed by atoms with Crippen LogP contribution >= 0.6 is 0 Å². The summed E-state index contributed by atoms with van der Waals surface area (Å²) >= 11 is 0. The van der Waals surface area contributed by atoms with Crippen molar-refractivity contribution in [1.82, 2.24) is 15.3 Å². The summed E-state index contributed by atoms with van der Waals surface area (Å²) in [4.78, 5) is 7.62. The minimum absolute atomic E-state index is 0.164. The van der Waals surface area contributed by atoms with Crippen LogP contribution in [0.3, 0.4) is 0 Å². The summed E-state index contributed by atoms with van der Waals surface area (Å²) in [7, 11) is 0. The molecule has 3 heteroatoms. The Labute approximate surface area is 80.0 Å². The lowest BCUT2D eigenvalue weighted by Crippen LogP contribution is -2.14. The molecule has 1 aromatic heterocycles. The molecule has 1 heterocycles. The molecule has 0 aromatic carbocycles. The number of aromatic nitrogens is 2. The van der Waals surface area contributed by atoms with Crippen molar-refractivity contribution in [3.05, 3.63) is 17.7 Å². The van der Waals surface area contributed by atoms with E-state index in [0.29, 0.717) is 0 Å². The predicted molar refractivity (Wildman–Crippen MR) is 54.7 cm³/mol. The summed E-state index contributed by atoms with van der Waals surface area (Å²) in [6.45, 7) is 10.4. The average Bonchev–Trinajstić information content (AvgIpc) is 2.47. The van der Waals surface area contributed by atoms with Crippen LogP contribution in [0, 0.1) is 0 Å². The van der Waals surface area contributed by atoms with Crippen molar-refractivity contribution >= 4 is 0 Å². The second kappa shape index (κ2) is 3.92. The Balaban J connectivity index is 2.64. The summed E-state index contributed by atoms with van der Waals surface area (Å²) in [5.41, 5.74) is 1.36. The van der Waals surface area contributed by atoms with Crippen LogP contribution < -0.4 is 5.32 Å². The molecule has 0 spiro atoms. The van der Waals surface area contributed by atoms with E-state index in [1.807, 2.05) is 6.20 Å². The molecule has 0 saturated carbocycles. The highest BCUT2D eigenvalue weighted by Crippen LogP contribution is 2.19. The van der Waals surface area contributed by atoms with E-state index >= 15 is 0 Å². The molecule has 0 aliphatic rings. The Hall–Kier alpha value is -0.830. The van der Waals surface area contributed by atoms with Gasteiger partial charge in [-0.25, -0.2) is 4.98 Å². The molecule has 13 heavy (non-hydrogen) atoms. The quantitative estimate of drug-likeness (QED) is 0.746. The van der Waals surface area contributed by atoms with Crippen LogP contribution in [0.1, 0.15) is 39.2 Å². The van der Waals surface area contributed by atoms with Gasteiger partial charge in [-0.3, -0.25) is 0 Å². The maximum absolute atomic E-state index is 4.30. The molecule has 74 valence electrons. The van der Waals surface area contributed by atoms with Gasteiger partial charge in [-0.2, -0.15) is 0 Å². The number of hydrogen-bond acceptors (Lipinski definition) is 2. The summed E-state index contributed by atoms with van der Waals surface area (Å²) in [6.07, 6.45) is 1.92. The first-order valence-corrected chi connectivity index (χ1v) is 4.79. The average molecular weight is 181 g/mol. The van der Waals surface area contributed by atoms with Gasteiger partial charge in [0.25, 0.3) is 0 Å². The molecule has 0 unspecified atom stereocenters. The van der Waals surface area contributed by atoms with Crippen LogP contribution in [0.25, 0.3) is 0 Å². The zero-order valence-corrected chi connectivity index (χ0v) is 8.94. The molecular weight excluding hydrogens is 162 g/mol. The molecule has 0 aliphatic heterocycles. The van der Waals surface area contributed by atoms with Crippen molar-refractivity contribution in [2.45, 2.75) is 39.7 Å². The van der Waals surface area contributed by atoms with Gasteiger partial charge in [0.15, 0.2) is 0 Å². The molecule has 0 amide bonds. The molecule has 0 atom stereocenters. The number of imidazole rings is 1. The van der Waals surface area contributed by atoms with Crippen molar-refractivity contribution in [2.24, 2.45) is 0 Å². The monoisotopic (exact) mass is 181 g/mol. The van der Waals surface area contributed by atoms with Gasteiger partial charge in [0.1, 0.15) is 5.82 Å². The van der Waals surface area contributed by atoms with Crippen LogP contribution in [-0.2, 0) is 12.0 Å². The third-order valence-corrected chi connectivity index (χ3v) is 1.98. The SMILES string of the molecule is CCNCc1ncc(C(C)(C)C)[nH]1. The van der Waals surface area contributed by atoms with Gasteiger partial charge in [-0.15, -0.1) is 0 Å². The molecule has 1 rings (SSSR count). The first-order chi connectivity index (χ1) is 6.04. The smallest absolute Gasteiger partial charge is 0.120 e. The second-order valence-electron chi connectivity index (χ2n) is 4.27. The fourth-order valence-corrected chi connectivity index (χ4v) is 1.08. The summed E-state index contributed by atoms with van der Waals surface area (Å²) < 4.78 is 0. The lowest BCUT2D eigenvalue weighted by atomic mass is 9.93. The molecule has 0 fully saturated rings. The fraction of sp³-hybridized carbons (Fsp3) is 0.700. The maximum atomic E-state index is 4.30. The lowest BCUT2D eigenvalue weighted by molar-refractivity contribution is 0.569. The van der Waals surface area contributed by atoms with Crippen LogP contribution in [-0.4, -0.2) is 16.5 Å². The van der Waals surface area contributed by atoms with Crippen LogP contribution in [0.2, 0.25) is 0 Å². The Morgan fingerprint density at radius 2 is 2.15 bits per heavy atom. The van der Waals surface area contributed by atoms with E-state index in [0.717, 1.165) is 18.9 Å². The third-order valence-electron chi connectivity index (χ3n) is 1.98. The Kier molecular flexibility index (Phi) is 3.09. The number of hydrogen-bond donors (Lipinski definition) is 2. The number of H-pyrrole nitrogens is 1. The van der Waals surface area contributed by atoms with Crippen molar-refractivity contribution in [3.63, 3.8) is 0 Å². The summed E-state index contributed by atoms with van der Waals surface area (Å²) in [5.74, 6) is 1.02. The Morgan fingerprint density at radius 3 is 2.62 bits per heavy atom. The topological polar surface area (TPSA) is 40.7 Å². The number of rotatable bonds is 3. The van der Waals surface area contributed by atoms with Gasteiger partial charge in [0.2, 0.25) is 0 Å². The first kappa shape index (κ1) is 10.3. The number of aromatic amines is 1. The highest BCUT2D eigenvalue weighted by molar-refractivity contribution is 5.11. The zero-order valence-electron chi connectivity index (χ0n) is 8.94. The van der Waals surface area contributed by atoms with Crippen LogP contribution in [0.15, 0.2) is 6.20 Å². The van der Waals surface area contributed by atoms with E-state index in [1.165, 1.54) is 5.69 Å². The molecule has 0 bridgehead atoms. The zero-order chi connectivity index (χ0) is 9.90. The van der Waals surface area contributed by atoms with E-state index in [2.05, 4.69) is 43.0 Å². The molecule has 0 saturated heterocycles. The van der Waals surface area contributed by atoms with Gasteiger partial charge in [-0.1, -0.05) is 27.7 Å². The highest BCUT2D eigenvalue weighted by atomic mass is 15.0. The van der Waals surface area contributed by atoms with Gasteiger partial charge in [0.05, 0.1) is 6.54 Å². The number of nitrogens with zero attached hydrogens (tertiary/aromatic N) is 1. The summed E-state index contributed by atoms with van der Waals surface area (Å²) in [5, 5.41) is 3.24. The van der Waals surface area contributed by atoms with Gasteiger partial charge >= 0.3 is 0 Å². The van der Waals surface area contributed by atoms with Gasteiger partial charge < -0.3 is 10.3 Å². The molecule has 3 nitrogen and oxygen atoms in total. The first-order valence-electron chi connectivity index (χ1n) is 4.79. The summed E-state index contributed by atoms with van der Waals surface area (Å²) in [6, 6.07) is 0. The van der Waals surface area contributed by atoms with E-state index < -0.39 is 0 Å². The van der Waals surface area contributed by atoms with Gasteiger partial charge in [-0.05, 0) is 6.54 Å². The van der Waals surface area contributed by atoms with E-state index in [4.69, 9.17) is 0 Å². The van der Waals surface area contributed by atoms with E-state index in [1.54, 1.807) is 0 Å². The predicted octanol–water partition coefficient (Wildman–Crippen LogP) is 1.82. The van der Waals surface area contributed by atoms with Crippen molar-refractivity contribution in [3.8, 4) is 0 Å². The van der Waals surface area contributed by atoms with Crippen LogP contribution in [0.4, 0.5) is 0 Å². The molecule has 0 radical (unpaired) electrons. The largest absolute Gasteiger partial charge is 0.344 e. The Bertz CT molecular complexity index is 257. The van der Waals surface area contributed by atoms with Crippen molar-refractivity contribution in [2.75, 3.05) is 6.54 Å². The molecule has 2 N–H and O–H groups in total. The maximum Gasteiger partial charge on any atom is 0.120 e. The van der Waals surface area contributed by atoms with Crippen molar-refractivity contribution in [1.29, 1.82) is 0 Å². The lowest BCUT2D eigenvalue weighted by Gasteiger charge is -2.15. The van der Waals surface area contributed by atoms with Gasteiger partial charge in [0, 0.05) is 17.3 Å². The molecule has 1 aromatic rings. The molecular formula is C10H19N3. The minimum atomic E-state index is 0.164. The highest BCUT2D eigenvalue weighted by Gasteiger charge is 2.15. The molecule has 0 aliphatic carbocycles. The van der Waals surface area contributed by atoms with E-state index in [-0.39, 0.29) is 5.41 Å². The fourth-order valence-electron chi connectivity index (χ4n) is 1.08. The number of nitrogens with one attached hydrogen (secondary N) is 2. The van der Waals surface area contributed by atoms with Crippen LogP contribution in [0.5, 0.6) is 0 Å². The third kappa shape index (κ3) is 2.84. The Morgan fingerprint density at radius 1 is 1.46 bits per heavy atom. The normalized spacial score (nSPS) is 12.0. The minimum Gasteiger partial charge on any atom is -0.344 e.